The smallest absolute Gasteiger partial charge is 0.0204 e. The maximum absolute atomic E-state index is 2.42. The summed E-state index contributed by atoms with van der Waals surface area (Å²) in [5.74, 6) is 2.56. The fraction of sp³-hybridized carbons (Fsp3) is 0.733. The van der Waals surface area contributed by atoms with Crippen molar-refractivity contribution >= 4 is 0 Å². The lowest BCUT2D eigenvalue weighted by molar-refractivity contribution is 0.345. The summed E-state index contributed by atoms with van der Waals surface area (Å²) in [6, 6.07) is 0. The maximum Gasteiger partial charge on any atom is -0.0204 e. The van der Waals surface area contributed by atoms with Crippen LogP contribution in [0.5, 0.6) is 0 Å². The van der Waals surface area contributed by atoms with Crippen LogP contribution >= 0.6 is 0 Å². The Kier molecular flexibility index (Phi) is 5.75. The third kappa shape index (κ3) is 4.68. The lowest BCUT2D eigenvalue weighted by atomic mass is 9.83. The van der Waals surface area contributed by atoms with Crippen LogP contribution in [0.4, 0.5) is 0 Å². The van der Waals surface area contributed by atoms with Gasteiger partial charge in [0.1, 0.15) is 0 Å². The Hall–Kier alpha value is -0.520. The fourth-order valence-electron chi connectivity index (χ4n) is 2.21. The van der Waals surface area contributed by atoms with Crippen LogP contribution in [0.15, 0.2) is 24.3 Å². The Labute approximate surface area is 95.5 Å². The van der Waals surface area contributed by atoms with Crippen molar-refractivity contribution in [1.82, 2.24) is 0 Å². The van der Waals surface area contributed by atoms with E-state index < -0.39 is 0 Å². The first-order chi connectivity index (χ1) is 7.24. The van der Waals surface area contributed by atoms with E-state index in [-0.39, 0.29) is 0 Å². The quantitative estimate of drug-likeness (QED) is 0.609. The average molecular weight is 206 g/mol. The largest absolute Gasteiger partial charge is 0.0845 e. The van der Waals surface area contributed by atoms with Crippen LogP contribution in [0.2, 0.25) is 0 Å². The first-order valence-electron chi connectivity index (χ1n) is 6.57. The van der Waals surface area contributed by atoms with E-state index >= 15 is 0 Å². The average Bonchev–Trinajstić information content (AvgIpc) is 2.22. The molecule has 0 aromatic carbocycles. The molecule has 0 nitrogen and oxygen atoms in total. The third-order valence-corrected chi connectivity index (χ3v) is 3.81. The zero-order valence-electron chi connectivity index (χ0n) is 10.6. The molecule has 0 bridgehead atoms. The molecule has 0 saturated heterocycles. The normalized spacial score (nSPS) is 28.5. The van der Waals surface area contributed by atoms with E-state index in [9.17, 15) is 0 Å². The molecule has 0 aromatic heterocycles. The Morgan fingerprint density at radius 3 is 2.87 bits per heavy atom. The monoisotopic (exact) mass is 206 g/mol. The molecule has 1 aliphatic carbocycles. The summed E-state index contributed by atoms with van der Waals surface area (Å²) in [5, 5.41) is 0. The Balaban J connectivity index is 2.42. The van der Waals surface area contributed by atoms with Gasteiger partial charge in [-0.15, -0.1) is 0 Å². The molecule has 0 spiro atoms. The predicted octanol–water partition coefficient (Wildman–Crippen LogP) is 4.97. The molecule has 1 rings (SSSR count). The van der Waals surface area contributed by atoms with Gasteiger partial charge < -0.3 is 0 Å². The molecule has 0 heteroatoms. The van der Waals surface area contributed by atoms with E-state index in [4.69, 9.17) is 0 Å². The van der Waals surface area contributed by atoms with Gasteiger partial charge in [-0.1, -0.05) is 57.9 Å². The second-order valence-electron chi connectivity index (χ2n) is 5.12. The van der Waals surface area contributed by atoms with Crippen molar-refractivity contribution in [3.05, 3.63) is 24.3 Å². The number of allylic oxidation sites excluding steroid dienone is 4. The van der Waals surface area contributed by atoms with E-state index in [1.165, 1.54) is 32.1 Å². The number of hydrogen-bond acceptors (Lipinski definition) is 0. The topological polar surface area (TPSA) is 0 Å². The molecule has 0 N–H and O–H groups in total. The molecular formula is C15H26. The molecule has 0 heterocycles. The summed E-state index contributed by atoms with van der Waals surface area (Å²) < 4.78 is 0. The molecule has 3 unspecified atom stereocenters. The highest BCUT2D eigenvalue weighted by molar-refractivity contribution is 5.07. The van der Waals surface area contributed by atoms with Gasteiger partial charge in [-0.25, -0.2) is 0 Å². The predicted molar refractivity (Wildman–Crippen MR) is 68.9 cm³/mol. The van der Waals surface area contributed by atoms with Crippen LogP contribution in [0.3, 0.4) is 0 Å². The number of hydrogen-bond donors (Lipinski definition) is 0. The molecule has 0 radical (unpaired) electrons. The van der Waals surface area contributed by atoms with Gasteiger partial charge in [-0.3, -0.25) is 0 Å². The first kappa shape index (κ1) is 12.5. The van der Waals surface area contributed by atoms with Crippen LogP contribution < -0.4 is 0 Å². The Morgan fingerprint density at radius 2 is 2.13 bits per heavy atom. The van der Waals surface area contributed by atoms with Gasteiger partial charge >= 0.3 is 0 Å². The molecular weight excluding hydrogens is 180 g/mol. The van der Waals surface area contributed by atoms with Gasteiger partial charge in [-0.05, 0) is 37.0 Å². The molecule has 0 amide bonds. The molecule has 1 aliphatic rings. The second kappa shape index (κ2) is 6.87. The summed E-state index contributed by atoms with van der Waals surface area (Å²) in [6.45, 7) is 7.08. The SMILES string of the molecule is CCC(C)CCC1C=CC=CCCC1C. The van der Waals surface area contributed by atoms with E-state index in [2.05, 4.69) is 45.1 Å². The van der Waals surface area contributed by atoms with Gasteiger partial charge in [0, 0.05) is 0 Å². The van der Waals surface area contributed by atoms with Gasteiger partial charge in [0.25, 0.3) is 0 Å². The third-order valence-electron chi connectivity index (χ3n) is 3.81. The highest BCUT2D eigenvalue weighted by Crippen LogP contribution is 2.27. The Morgan fingerprint density at radius 1 is 1.33 bits per heavy atom. The molecule has 0 saturated carbocycles. The lowest BCUT2D eigenvalue weighted by Crippen LogP contribution is -2.11. The van der Waals surface area contributed by atoms with Crippen LogP contribution in [-0.4, -0.2) is 0 Å². The van der Waals surface area contributed by atoms with E-state index in [0.29, 0.717) is 0 Å². The summed E-state index contributed by atoms with van der Waals surface area (Å²) in [7, 11) is 0. The standard InChI is InChI=1S/C15H26/c1-4-13(2)11-12-15-10-8-6-5-7-9-14(15)3/h5-6,8,10,13-15H,4,7,9,11-12H2,1-3H3. The van der Waals surface area contributed by atoms with Crippen molar-refractivity contribution in [3.63, 3.8) is 0 Å². The van der Waals surface area contributed by atoms with Gasteiger partial charge in [0.15, 0.2) is 0 Å². The molecule has 86 valence electrons. The van der Waals surface area contributed by atoms with Crippen molar-refractivity contribution in [1.29, 1.82) is 0 Å². The zero-order chi connectivity index (χ0) is 11.1. The van der Waals surface area contributed by atoms with Crippen LogP contribution in [0.25, 0.3) is 0 Å². The van der Waals surface area contributed by atoms with Crippen molar-refractivity contribution in [3.8, 4) is 0 Å². The molecule has 15 heavy (non-hydrogen) atoms. The van der Waals surface area contributed by atoms with Crippen molar-refractivity contribution in [2.75, 3.05) is 0 Å². The van der Waals surface area contributed by atoms with Gasteiger partial charge in [0.2, 0.25) is 0 Å². The molecule has 0 fully saturated rings. The second-order valence-corrected chi connectivity index (χ2v) is 5.12. The van der Waals surface area contributed by atoms with Crippen LogP contribution in [0, 0.1) is 17.8 Å². The highest BCUT2D eigenvalue weighted by Gasteiger charge is 2.15. The minimum absolute atomic E-state index is 0.809. The van der Waals surface area contributed by atoms with E-state index in [1.54, 1.807) is 0 Å². The summed E-state index contributed by atoms with van der Waals surface area (Å²) in [5.41, 5.74) is 0. The summed E-state index contributed by atoms with van der Waals surface area (Å²) >= 11 is 0. The summed E-state index contributed by atoms with van der Waals surface area (Å²) in [6.07, 6.45) is 15.9. The maximum atomic E-state index is 2.42. The first-order valence-corrected chi connectivity index (χ1v) is 6.57. The number of rotatable bonds is 4. The van der Waals surface area contributed by atoms with Crippen molar-refractivity contribution < 1.29 is 0 Å². The van der Waals surface area contributed by atoms with Crippen molar-refractivity contribution in [2.45, 2.75) is 52.9 Å². The highest BCUT2D eigenvalue weighted by atomic mass is 14.2. The van der Waals surface area contributed by atoms with Crippen LogP contribution in [0.1, 0.15) is 52.9 Å². The van der Waals surface area contributed by atoms with Crippen LogP contribution in [-0.2, 0) is 0 Å². The Bertz CT molecular complexity index is 212. The zero-order valence-corrected chi connectivity index (χ0v) is 10.6. The van der Waals surface area contributed by atoms with Gasteiger partial charge in [-0.2, -0.15) is 0 Å². The molecule has 0 aliphatic heterocycles. The minimum atomic E-state index is 0.809. The van der Waals surface area contributed by atoms with Gasteiger partial charge in [0.05, 0.1) is 0 Å². The molecule has 3 atom stereocenters. The van der Waals surface area contributed by atoms with Crippen molar-refractivity contribution in [2.24, 2.45) is 17.8 Å². The lowest BCUT2D eigenvalue weighted by Gasteiger charge is -2.22. The molecule has 0 aromatic rings. The fourth-order valence-corrected chi connectivity index (χ4v) is 2.21. The minimum Gasteiger partial charge on any atom is -0.0845 e. The van der Waals surface area contributed by atoms with E-state index in [1.807, 2.05) is 0 Å². The van der Waals surface area contributed by atoms with E-state index in [0.717, 1.165) is 17.8 Å². The summed E-state index contributed by atoms with van der Waals surface area (Å²) in [4.78, 5) is 0.